The van der Waals surface area contributed by atoms with Crippen molar-refractivity contribution >= 4 is 21.7 Å². The van der Waals surface area contributed by atoms with Crippen molar-refractivity contribution in [2.45, 2.75) is 31.1 Å². The van der Waals surface area contributed by atoms with E-state index in [4.69, 9.17) is 0 Å². The van der Waals surface area contributed by atoms with Crippen LogP contribution in [0, 0.1) is 0 Å². The van der Waals surface area contributed by atoms with Gasteiger partial charge in [-0.2, -0.15) is 9.78 Å². The van der Waals surface area contributed by atoms with E-state index in [2.05, 4.69) is 20.4 Å². The van der Waals surface area contributed by atoms with Crippen LogP contribution in [0.15, 0.2) is 53.7 Å². The quantitative estimate of drug-likeness (QED) is 0.668. The summed E-state index contributed by atoms with van der Waals surface area (Å²) in [5.41, 5.74) is 0.685. The van der Waals surface area contributed by atoms with E-state index >= 15 is 0 Å². The normalized spacial score (nSPS) is 12.2. The van der Waals surface area contributed by atoms with Gasteiger partial charge in [0.25, 0.3) is 11.9 Å². The number of benzene rings is 1. The maximum atomic E-state index is 12.9. The third kappa shape index (κ3) is 4.39. The largest absolute Gasteiger partial charge is 0.306 e. The molecular weight excluding hydrogens is 404 g/mol. The second-order valence-corrected chi connectivity index (χ2v) is 10.0. The van der Waals surface area contributed by atoms with Crippen molar-refractivity contribution in [1.82, 2.24) is 24.1 Å². The Hall–Kier alpha value is -3.11. The molecule has 158 valence electrons. The number of carbonyl (C=O) groups is 1. The van der Waals surface area contributed by atoms with Gasteiger partial charge in [-0.1, -0.05) is 26.8 Å². The first-order chi connectivity index (χ1) is 14.0. The van der Waals surface area contributed by atoms with E-state index in [9.17, 15) is 13.2 Å². The third-order valence-corrected chi connectivity index (χ3v) is 6.15. The number of hydrogen-bond donors (Lipinski definition) is 1. The van der Waals surface area contributed by atoms with Gasteiger partial charge in [-0.05, 0) is 24.3 Å². The average molecular weight is 429 g/mol. The number of amides is 1. The molecule has 2 aromatic heterocycles. The van der Waals surface area contributed by atoms with Crippen molar-refractivity contribution in [3.8, 4) is 5.95 Å². The van der Waals surface area contributed by atoms with Gasteiger partial charge >= 0.3 is 0 Å². The standard InChI is InChI=1S/C20H24N6O3S/c1-20(2,3)16-13-17(26(24-16)19-21-10-7-11-22-19)23-18(27)14-8-6-9-15(12-14)30(28,29)25(4)5/h6-13H,1-5H3,(H,23,27). The molecule has 0 atom stereocenters. The summed E-state index contributed by atoms with van der Waals surface area (Å²) in [6, 6.07) is 9.32. The fraction of sp³-hybridized carbons (Fsp3) is 0.300. The molecule has 1 amide bonds. The van der Waals surface area contributed by atoms with Gasteiger partial charge in [0.05, 0.1) is 10.6 Å². The lowest BCUT2D eigenvalue weighted by Crippen LogP contribution is -2.23. The summed E-state index contributed by atoms with van der Waals surface area (Å²) in [6.07, 6.45) is 3.17. The van der Waals surface area contributed by atoms with E-state index in [1.807, 2.05) is 20.8 Å². The van der Waals surface area contributed by atoms with E-state index in [-0.39, 0.29) is 15.9 Å². The van der Waals surface area contributed by atoms with Gasteiger partial charge in [0.1, 0.15) is 5.82 Å². The molecule has 0 unspecified atom stereocenters. The summed E-state index contributed by atoms with van der Waals surface area (Å²) in [7, 11) is -0.778. The Morgan fingerprint density at radius 2 is 1.73 bits per heavy atom. The summed E-state index contributed by atoms with van der Waals surface area (Å²) < 4.78 is 27.3. The number of aromatic nitrogens is 4. The van der Waals surface area contributed by atoms with Crippen LogP contribution in [-0.2, 0) is 15.4 Å². The van der Waals surface area contributed by atoms with Crippen molar-refractivity contribution in [2.24, 2.45) is 0 Å². The predicted octanol–water partition coefficient (Wildman–Crippen LogP) is 2.46. The van der Waals surface area contributed by atoms with Gasteiger partial charge in [0.2, 0.25) is 10.0 Å². The molecule has 3 rings (SSSR count). The minimum absolute atomic E-state index is 0.0374. The third-order valence-electron chi connectivity index (χ3n) is 4.34. The van der Waals surface area contributed by atoms with Crippen molar-refractivity contribution in [2.75, 3.05) is 19.4 Å². The zero-order chi connectivity index (χ0) is 22.1. The molecule has 0 aliphatic carbocycles. The molecule has 0 saturated heterocycles. The minimum atomic E-state index is -3.66. The lowest BCUT2D eigenvalue weighted by molar-refractivity contribution is 0.102. The number of sulfonamides is 1. The van der Waals surface area contributed by atoms with E-state index in [0.717, 1.165) is 10.00 Å². The summed E-state index contributed by atoms with van der Waals surface area (Å²) in [5.74, 6) is 0.229. The zero-order valence-corrected chi connectivity index (χ0v) is 18.3. The maximum Gasteiger partial charge on any atom is 0.256 e. The Morgan fingerprint density at radius 3 is 2.33 bits per heavy atom. The highest BCUT2D eigenvalue weighted by molar-refractivity contribution is 7.89. The highest BCUT2D eigenvalue weighted by atomic mass is 32.2. The molecule has 0 aliphatic rings. The molecule has 2 heterocycles. The molecular formula is C20H24N6O3S. The van der Waals surface area contributed by atoms with E-state index in [1.54, 1.807) is 30.6 Å². The van der Waals surface area contributed by atoms with Crippen LogP contribution in [0.4, 0.5) is 5.82 Å². The number of nitrogens with zero attached hydrogens (tertiary/aromatic N) is 5. The van der Waals surface area contributed by atoms with Crippen LogP contribution < -0.4 is 5.32 Å². The molecule has 1 N–H and O–H groups in total. The van der Waals surface area contributed by atoms with E-state index in [1.165, 1.54) is 37.0 Å². The van der Waals surface area contributed by atoms with Gasteiger partial charge in [-0.15, -0.1) is 0 Å². The summed E-state index contributed by atoms with van der Waals surface area (Å²) >= 11 is 0. The Kier molecular flexibility index (Phi) is 5.73. The first kappa shape index (κ1) is 21.6. The van der Waals surface area contributed by atoms with Gasteiger partial charge in [0, 0.05) is 43.5 Å². The van der Waals surface area contributed by atoms with Crippen LogP contribution in [0.2, 0.25) is 0 Å². The number of hydrogen-bond acceptors (Lipinski definition) is 6. The molecule has 0 bridgehead atoms. The Morgan fingerprint density at radius 1 is 1.07 bits per heavy atom. The van der Waals surface area contributed by atoms with Crippen LogP contribution in [-0.4, -0.2) is 52.5 Å². The second-order valence-electron chi connectivity index (χ2n) is 7.89. The van der Waals surface area contributed by atoms with Gasteiger partial charge in [0.15, 0.2) is 0 Å². The Balaban J connectivity index is 1.99. The molecule has 3 aromatic rings. The van der Waals surface area contributed by atoms with Gasteiger partial charge < -0.3 is 5.32 Å². The van der Waals surface area contributed by atoms with Gasteiger partial charge in [-0.3, -0.25) is 4.79 Å². The SMILES string of the molecule is CN(C)S(=O)(=O)c1cccc(C(=O)Nc2cc(C(C)(C)C)nn2-c2ncccn2)c1. The number of anilines is 1. The molecule has 10 heteroatoms. The van der Waals surface area contributed by atoms with Crippen molar-refractivity contribution < 1.29 is 13.2 Å². The summed E-state index contributed by atoms with van der Waals surface area (Å²) in [5, 5.41) is 7.35. The van der Waals surface area contributed by atoms with Crippen LogP contribution in [0.5, 0.6) is 0 Å². The second kappa shape index (κ2) is 7.96. The molecule has 0 fully saturated rings. The van der Waals surface area contributed by atoms with Crippen molar-refractivity contribution in [3.63, 3.8) is 0 Å². The lowest BCUT2D eigenvalue weighted by Gasteiger charge is -2.13. The van der Waals surface area contributed by atoms with Crippen LogP contribution >= 0.6 is 0 Å². The monoisotopic (exact) mass is 428 g/mol. The lowest BCUT2D eigenvalue weighted by atomic mass is 9.92. The molecule has 0 saturated carbocycles. The van der Waals surface area contributed by atoms with Gasteiger partial charge in [-0.25, -0.2) is 22.7 Å². The smallest absolute Gasteiger partial charge is 0.256 e. The summed E-state index contributed by atoms with van der Waals surface area (Å²) in [4.78, 5) is 21.3. The Bertz CT molecular complexity index is 1160. The molecule has 0 radical (unpaired) electrons. The first-order valence-electron chi connectivity index (χ1n) is 9.22. The van der Waals surface area contributed by atoms with Crippen LogP contribution in [0.3, 0.4) is 0 Å². The predicted molar refractivity (Wildman–Crippen MR) is 113 cm³/mol. The molecule has 0 aliphatic heterocycles. The molecule has 30 heavy (non-hydrogen) atoms. The van der Waals surface area contributed by atoms with Crippen molar-refractivity contribution in [3.05, 3.63) is 60.0 Å². The van der Waals surface area contributed by atoms with Crippen LogP contribution in [0.25, 0.3) is 5.95 Å². The Labute approximate surface area is 175 Å². The van der Waals surface area contributed by atoms with E-state index < -0.39 is 15.9 Å². The first-order valence-corrected chi connectivity index (χ1v) is 10.7. The highest BCUT2D eigenvalue weighted by Gasteiger charge is 2.23. The number of carbonyl (C=O) groups excluding carboxylic acids is 1. The number of rotatable bonds is 5. The average Bonchev–Trinajstić information content (AvgIpc) is 3.13. The molecule has 1 aromatic carbocycles. The zero-order valence-electron chi connectivity index (χ0n) is 17.5. The topological polar surface area (TPSA) is 110 Å². The van der Waals surface area contributed by atoms with Crippen LogP contribution in [0.1, 0.15) is 36.8 Å². The van der Waals surface area contributed by atoms with Crippen molar-refractivity contribution in [1.29, 1.82) is 0 Å². The van der Waals surface area contributed by atoms with E-state index in [0.29, 0.717) is 11.8 Å². The fourth-order valence-electron chi connectivity index (χ4n) is 2.59. The number of nitrogens with one attached hydrogen (secondary N) is 1. The maximum absolute atomic E-state index is 12.9. The summed E-state index contributed by atoms with van der Waals surface area (Å²) in [6.45, 7) is 6.02. The fourth-order valence-corrected chi connectivity index (χ4v) is 3.53. The highest BCUT2D eigenvalue weighted by Crippen LogP contribution is 2.26. The minimum Gasteiger partial charge on any atom is -0.306 e. The molecule has 9 nitrogen and oxygen atoms in total. The molecule has 0 spiro atoms.